The lowest BCUT2D eigenvalue weighted by Gasteiger charge is -2.29. The zero-order valence-electron chi connectivity index (χ0n) is 11.1. The van der Waals surface area contributed by atoms with Crippen molar-refractivity contribution in [2.45, 2.75) is 32.6 Å². The van der Waals surface area contributed by atoms with Crippen LogP contribution in [0.4, 0.5) is 0 Å². The van der Waals surface area contributed by atoms with Crippen LogP contribution >= 0.6 is 0 Å². The second-order valence-corrected chi connectivity index (χ2v) is 5.20. The Labute approximate surface area is 111 Å². The molecule has 1 N–H and O–H groups in total. The summed E-state index contributed by atoms with van der Waals surface area (Å²) in [4.78, 5) is 24.7. The second-order valence-electron chi connectivity index (χ2n) is 5.20. The van der Waals surface area contributed by atoms with Gasteiger partial charge in [0.05, 0.1) is 5.92 Å². The first-order chi connectivity index (χ1) is 8.99. The quantitative estimate of drug-likeness (QED) is 0.900. The van der Waals surface area contributed by atoms with Gasteiger partial charge in [-0.15, -0.1) is 0 Å². The summed E-state index contributed by atoms with van der Waals surface area (Å²) in [7, 11) is 0. The maximum absolute atomic E-state index is 12.2. The van der Waals surface area contributed by atoms with Crippen LogP contribution in [0.2, 0.25) is 0 Å². The first-order valence-corrected chi connectivity index (χ1v) is 6.47. The van der Waals surface area contributed by atoms with E-state index in [0.717, 1.165) is 0 Å². The Hall–Kier alpha value is -1.85. The van der Waals surface area contributed by atoms with E-state index < -0.39 is 11.9 Å². The minimum absolute atomic E-state index is 0.169. The normalized spacial score (nSPS) is 19.7. The molecule has 1 aliphatic rings. The standard InChI is InChI=1S/C13H18N2O4/c1-8(2)11-6-10(14-19-11)12(16)15-5-3-4-9(7-15)13(17)18/h6,8-9H,3-5,7H2,1-2H3,(H,17,18). The molecule has 0 spiro atoms. The molecule has 1 amide bonds. The van der Waals surface area contributed by atoms with Gasteiger partial charge in [-0.3, -0.25) is 9.59 Å². The summed E-state index contributed by atoms with van der Waals surface area (Å²) in [6, 6.07) is 1.64. The lowest BCUT2D eigenvalue weighted by molar-refractivity contribution is -0.143. The highest BCUT2D eigenvalue weighted by molar-refractivity contribution is 5.92. The molecule has 0 radical (unpaired) electrons. The van der Waals surface area contributed by atoms with Crippen molar-refractivity contribution in [1.82, 2.24) is 10.1 Å². The third kappa shape index (κ3) is 2.94. The second kappa shape index (κ2) is 5.42. The largest absolute Gasteiger partial charge is 0.481 e. The van der Waals surface area contributed by atoms with Crippen molar-refractivity contribution >= 4 is 11.9 Å². The summed E-state index contributed by atoms with van der Waals surface area (Å²) in [5, 5.41) is 12.8. The van der Waals surface area contributed by atoms with E-state index in [1.807, 2.05) is 13.8 Å². The summed E-state index contributed by atoms with van der Waals surface area (Å²) in [5.41, 5.74) is 0.259. The van der Waals surface area contributed by atoms with Gasteiger partial charge in [-0.25, -0.2) is 0 Å². The molecule has 6 nitrogen and oxygen atoms in total. The van der Waals surface area contributed by atoms with E-state index in [-0.39, 0.29) is 24.1 Å². The maximum Gasteiger partial charge on any atom is 0.308 e. The Morgan fingerprint density at radius 2 is 2.26 bits per heavy atom. The molecule has 1 aliphatic heterocycles. The topological polar surface area (TPSA) is 83.6 Å². The average Bonchev–Trinajstić information content (AvgIpc) is 2.87. The van der Waals surface area contributed by atoms with Crippen LogP contribution in [0, 0.1) is 5.92 Å². The molecule has 1 aromatic rings. The van der Waals surface area contributed by atoms with Crippen LogP contribution in [-0.4, -0.2) is 40.1 Å². The molecule has 6 heteroatoms. The number of aliphatic carboxylic acids is 1. The van der Waals surface area contributed by atoms with E-state index >= 15 is 0 Å². The number of amides is 1. The molecular formula is C13H18N2O4. The van der Waals surface area contributed by atoms with Gasteiger partial charge < -0.3 is 14.5 Å². The first-order valence-electron chi connectivity index (χ1n) is 6.47. The number of hydrogen-bond donors (Lipinski definition) is 1. The summed E-state index contributed by atoms with van der Waals surface area (Å²) < 4.78 is 5.10. The summed E-state index contributed by atoms with van der Waals surface area (Å²) in [6.45, 7) is 4.73. The molecule has 1 unspecified atom stereocenters. The number of aromatic nitrogens is 1. The van der Waals surface area contributed by atoms with Crippen molar-refractivity contribution in [3.05, 3.63) is 17.5 Å². The van der Waals surface area contributed by atoms with Gasteiger partial charge >= 0.3 is 5.97 Å². The number of carboxylic acid groups (broad SMARTS) is 1. The van der Waals surface area contributed by atoms with Crippen molar-refractivity contribution in [1.29, 1.82) is 0 Å². The first kappa shape index (κ1) is 13.6. The van der Waals surface area contributed by atoms with E-state index in [4.69, 9.17) is 9.63 Å². The number of nitrogens with zero attached hydrogens (tertiary/aromatic N) is 2. The van der Waals surface area contributed by atoms with Gasteiger partial charge in [-0.05, 0) is 12.8 Å². The fourth-order valence-electron chi connectivity index (χ4n) is 2.19. The Kier molecular flexibility index (Phi) is 3.87. The molecule has 0 aromatic carbocycles. The smallest absolute Gasteiger partial charge is 0.308 e. The Bertz CT molecular complexity index is 481. The molecule has 19 heavy (non-hydrogen) atoms. The van der Waals surface area contributed by atoms with Crippen molar-refractivity contribution in [3.8, 4) is 0 Å². The van der Waals surface area contributed by atoms with E-state index in [1.165, 1.54) is 0 Å². The average molecular weight is 266 g/mol. The maximum atomic E-state index is 12.2. The molecule has 104 valence electrons. The zero-order chi connectivity index (χ0) is 14.0. The molecule has 1 atom stereocenters. The van der Waals surface area contributed by atoms with Crippen LogP contribution in [0.3, 0.4) is 0 Å². The molecule has 0 bridgehead atoms. The molecule has 1 aromatic heterocycles. The van der Waals surface area contributed by atoms with Gasteiger partial charge in [0, 0.05) is 25.1 Å². The third-order valence-corrected chi connectivity index (χ3v) is 3.37. The highest BCUT2D eigenvalue weighted by Gasteiger charge is 2.30. The Morgan fingerprint density at radius 3 is 2.84 bits per heavy atom. The van der Waals surface area contributed by atoms with Gasteiger partial charge in [0.2, 0.25) is 0 Å². The van der Waals surface area contributed by atoms with Gasteiger partial charge in [0.25, 0.3) is 5.91 Å². The van der Waals surface area contributed by atoms with Crippen molar-refractivity contribution in [2.24, 2.45) is 5.92 Å². The van der Waals surface area contributed by atoms with E-state index in [9.17, 15) is 9.59 Å². The van der Waals surface area contributed by atoms with Crippen LogP contribution in [0.25, 0.3) is 0 Å². The molecular weight excluding hydrogens is 248 g/mol. The molecule has 0 saturated carbocycles. The number of likely N-dealkylation sites (tertiary alicyclic amines) is 1. The number of rotatable bonds is 3. The monoisotopic (exact) mass is 266 g/mol. The van der Waals surface area contributed by atoms with Gasteiger partial charge in [0.1, 0.15) is 5.76 Å². The van der Waals surface area contributed by atoms with E-state index in [1.54, 1.807) is 11.0 Å². The third-order valence-electron chi connectivity index (χ3n) is 3.37. The lowest BCUT2D eigenvalue weighted by Crippen LogP contribution is -2.42. The highest BCUT2D eigenvalue weighted by Crippen LogP contribution is 2.20. The predicted molar refractivity (Wildman–Crippen MR) is 66.9 cm³/mol. The van der Waals surface area contributed by atoms with Crippen molar-refractivity contribution in [2.75, 3.05) is 13.1 Å². The van der Waals surface area contributed by atoms with Crippen LogP contribution in [0.5, 0.6) is 0 Å². The Balaban J connectivity index is 2.08. The Morgan fingerprint density at radius 1 is 1.53 bits per heavy atom. The highest BCUT2D eigenvalue weighted by atomic mass is 16.5. The van der Waals surface area contributed by atoms with E-state index in [0.29, 0.717) is 25.1 Å². The minimum atomic E-state index is -0.847. The lowest BCUT2D eigenvalue weighted by atomic mass is 9.98. The summed E-state index contributed by atoms with van der Waals surface area (Å²) in [6.07, 6.45) is 1.33. The van der Waals surface area contributed by atoms with Crippen LogP contribution in [-0.2, 0) is 4.79 Å². The molecule has 2 heterocycles. The molecule has 0 aliphatic carbocycles. The number of hydrogen-bond acceptors (Lipinski definition) is 4. The van der Waals surface area contributed by atoms with Gasteiger partial charge in [-0.1, -0.05) is 19.0 Å². The number of carboxylic acids is 1. The molecule has 1 fully saturated rings. The molecule has 2 rings (SSSR count). The number of carbonyl (C=O) groups excluding carboxylic acids is 1. The van der Waals surface area contributed by atoms with Crippen molar-refractivity contribution in [3.63, 3.8) is 0 Å². The van der Waals surface area contributed by atoms with Crippen LogP contribution < -0.4 is 0 Å². The van der Waals surface area contributed by atoms with Gasteiger partial charge in [0.15, 0.2) is 5.69 Å². The minimum Gasteiger partial charge on any atom is -0.481 e. The fourth-order valence-corrected chi connectivity index (χ4v) is 2.19. The zero-order valence-corrected chi connectivity index (χ0v) is 11.1. The van der Waals surface area contributed by atoms with Gasteiger partial charge in [-0.2, -0.15) is 0 Å². The predicted octanol–water partition coefficient (Wildman–Crippen LogP) is 1.73. The molecule has 1 saturated heterocycles. The van der Waals surface area contributed by atoms with Crippen molar-refractivity contribution < 1.29 is 19.2 Å². The van der Waals surface area contributed by atoms with E-state index in [2.05, 4.69) is 5.16 Å². The summed E-state index contributed by atoms with van der Waals surface area (Å²) in [5.74, 6) is -0.742. The fraction of sp³-hybridized carbons (Fsp3) is 0.615. The van der Waals surface area contributed by atoms with Crippen LogP contribution in [0.1, 0.15) is 48.9 Å². The van der Waals surface area contributed by atoms with Crippen LogP contribution in [0.15, 0.2) is 10.6 Å². The summed E-state index contributed by atoms with van der Waals surface area (Å²) >= 11 is 0. The SMILES string of the molecule is CC(C)c1cc(C(=O)N2CCCC(C(=O)O)C2)no1. The number of piperidine rings is 1. The number of carbonyl (C=O) groups is 2.